The number of amidine groups is 1. The van der Waals surface area contributed by atoms with Crippen LogP contribution in [0.4, 0.5) is 5.69 Å². The number of para-hydroxylation sites is 1. The second-order valence-electron chi connectivity index (χ2n) is 6.27. The Morgan fingerprint density at radius 1 is 1.09 bits per heavy atom. The van der Waals surface area contributed by atoms with Gasteiger partial charge in [-0.15, -0.1) is 0 Å². The summed E-state index contributed by atoms with van der Waals surface area (Å²) in [6.45, 7) is 4.21. The summed E-state index contributed by atoms with van der Waals surface area (Å²) < 4.78 is 0. The molecule has 1 N–H and O–H groups in total. The minimum atomic E-state index is 0.0792. The van der Waals surface area contributed by atoms with Crippen molar-refractivity contribution >= 4 is 11.5 Å². The Hall–Kier alpha value is -2.33. The Bertz CT molecular complexity index is 706. The third-order valence-corrected chi connectivity index (χ3v) is 4.57. The number of aliphatic imine (C=N–C) groups is 1. The molecule has 1 aromatic rings. The van der Waals surface area contributed by atoms with Crippen LogP contribution in [0.3, 0.4) is 0 Å². The molecule has 4 nitrogen and oxygen atoms in total. The first kappa shape index (κ1) is 14.3. The molecular formula is C19H22N4. The summed E-state index contributed by atoms with van der Waals surface area (Å²) in [5, 5.41) is 3.57. The standard InChI is InChI=1S/C19H22N4/c1-22-10-12-23(13-11-22)19-17-8-4-5-9-18(17)20-15-6-2-3-7-16(14-15)21-19/h2-9,14,16,20H,10-13H2,1H3. The molecule has 0 spiro atoms. The molecule has 4 heteroatoms. The number of piperazine rings is 1. The van der Waals surface area contributed by atoms with E-state index in [-0.39, 0.29) is 6.04 Å². The Balaban J connectivity index is 1.78. The smallest absolute Gasteiger partial charge is 0.134 e. The third-order valence-electron chi connectivity index (χ3n) is 4.57. The van der Waals surface area contributed by atoms with E-state index >= 15 is 0 Å². The van der Waals surface area contributed by atoms with Gasteiger partial charge in [0.1, 0.15) is 5.84 Å². The molecule has 0 amide bonds. The Morgan fingerprint density at radius 3 is 2.78 bits per heavy atom. The number of anilines is 1. The van der Waals surface area contributed by atoms with Gasteiger partial charge in [-0.1, -0.05) is 30.4 Å². The van der Waals surface area contributed by atoms with E-state index in [0.29, 0.717) is 0 Å². The van der Waals surface area contributed by atoms with Gasteiger partial charge in [0.05, 0.1) is 6.04 Å². The number of fused-ring (bicyclic) bond motifs is 2. The van der Waals surface area contributed by atoms with Crippen molar-refractivity contribution in [2.75, 3.05) is 38.5 Å². The van der Waals surface area contributed by atoms with E-state index in [0.717, 1.165) is 43.4 Å². The SMILES string of the molecule is CN1CCN(C2=NC3C=CC=CC(=C3)Nc3ccccc32)CC1. The minimum Gasteiger partial charge on any atom is -0.355 e. The number of benzene rings is 1. The zero-order valence-electron chi connectivity index (χ0n) is 13.4. The monoisotopic (exact) mass is 306 g/mol. The average Bonchev–Trinajstić information content (AvgIpc) is 2.79. The largest absolute Gasteiger partial charge is 0.355 e. The van der Waals surface area contributed by atoms with Crippen LogP contribution in [0, 0.1) is 0 Å². The van der Waals surface area contributed by atoms with Gasteiger partial charge in [-0.3, -0.25) is 4.99 Å². The summed E-state index contributed by atoms with van der Waals surface area (Å²) in [6, 6.07) is 8.55. The number of hydrogen-bond acceptors (Lipinski definition) is 4. The number of nitrogens with zero attached hydrogens (tertiary/aromatic N) is 3. The fourth-order valence-corrected chi connectivity index (χ4v) is 3.22. The van der Waals surface area contributed by atoms with Gasteiger partial charge in [-0.05, 0) is 31.3 Å². The Kier molecular flexibility index (Phi) is 3.75. The van der Waals surface area contributed by atoms with Crippen molar-refractivity contribution in [2.45, 2.75) is 6.04 Å². The molecule has 1 saturated heterocycles. The number of nitrogens with one attached hydrogen (secondary N) is 1. The number of allylic oxidation sites excluding steroid dienone is 3. The molecular weight excluding hydrogens is 284 g/mol. The maximum Gasteiger partial charge on any atom is 0.134 e. The lowest BCUT2D eigenvalue weighted by atomic mass is 10.1. The molecule has 1 fully saturated rings. The van der Waals surface area contributed by atoms with Crippen LogP contribution in [0.1, 0.15) is 5.56 Å². The fourth-order valence-electron chi connectivity index (χ4n) is 3.22. The molecule has 1 unspecified atom stereocenters. The van der Waals surface area contributed by atoms with E-state index < -0.39 is 0 Å². The maximum absolute atomic E-state index is 5.09. The third kappa shape index (κ3) is 2.94. The van der Waals surface area contributed by atoms with Gasteiger partial charge in [0.25, 0.3) is 0 Å². The normalized spacial score (nSPS) is 23.9. The molecule has 0 saturated carbocycles. The number of rotatable bonds is 0. The summed E-state index contributed by atoms with van der Waals surface area (Å²) in [6.07, 6.45) is 10.6. The lowest BCUT2D eigenvalue weighted by Crippen LogP contribution is -2.48. The Labute approximate surface area is 137 Å². The zero-order valence-corrected chi connectivity index (χ0v) is 13.4. The van der Waals surface area contributed by atoms with Gasteiger partial charge in [0.15, 0.2) is 0 Å². The quantitative estimate of drug-likeness (QED) is 0.799. The van der Waals surface area contributed by atoms with Crippen LogP contribution in [0.25, 0.3) is 0 Å². The van der Waals surface area contributed by atoms with Crippen LogP contribution in [-0.2, 0) is 0 Å². The zero-order chi connectivity index (χ0) is 15.6. The van der Waals surface area contributed by atoms with Gasteiger partial charge in [-0.2, -0.15) is 0 Å². The van der Waals surface area contributed by atoms with E-state index in [1.807, 2.05) is 0 Å². The summed E-state index contributed by atoms with van der Waals surface area (Å²) >= 11 is 0. The van der Waals surface area contributed by atoms with Crippen molar-refractivity contribution in [1.82, 2.24) is 9.80 Å². The van der Waals surface area contributed by atoms with Gasteiger partial charge in [0.2, 0.25) is 0 Å². The molecule has 1 aromatic carbocycles. The van der Waals surface area contributed by atoms with Gasteiger partial charge in [0, 0.05) is 43.1 Å². The van der Waals surface area contributed by atoms with Gasteiger partial charge >= 0.3 is 0 Å². The predicted octanol–water partition coefficient (Wildman–Crippen LogP) is 2.48. The van der Waals surface area contributed by atoms with Crippen molar-refractivity contribution < 1.29 is 0 Å². The van der Waals surface area contributed by atoms with Crippen LogP contribution in [-0.4, -0.2) is 54.9 Å². The van der Waals surface area contributed by atoms with E-state index in [4.69, 9.17) is 4.99 Å². The number of likely N-dealkylation sites (N-methyl/N-ethyl adjacent to an activating group) is 1. The first-order chi connectivity index (χ1) is 11.3. The maximum atomic E-state index is 5.09. The first-order valence-corrected chi connectivity index (χ1v) is 8.24. The minimum absolute atomic E-state index is 0.0792. The molecule has 0 radical (unpaired) electrons. The fraction of sp³-hybridized carbons (Fsp3) is 0.316. The van der Waals surface area contributed by atoms with Crippen molar-refractivity contribution in [2.24, 2.45) is 4.99 Å². The second kappa shape index (κ2) is 6.05. The summed E-state index contributed by atoms with van der Waals surface area (Å²) in [4.78, 5) is 9.88. The van der Waals surface area contributed by atoms with Crippen LogP contribution in [0.2, 0.25) is 0 Å². The van der Waals surface area contributed by atoms with Crippen molar-refractivity contribution in [3.05, 3.63) is 65.9 Å². The predicted molar refractivity (Wildman–Crippen MR) is 95.8 cm³/mol. The van der Waals surface area contributed by atoms with Crippen LogP contribution >= 0.6 is 0 Å². The molecule has 23 heavy (non-hydrogen) atoms. The molecule has 4 rings (SSSR count). The molecule has 0 aromatic heterocycles. The first-order valence-electron chi connectivity index (χ1n) is 8.24. The highest BCUT2D eigenvalue weighted by Gasteiger charge is 2.23. The molecule has 2 bridgehead atoms. The van der Waals surface area contributed by atoms with Crippen LogP contribution in [0.15, 0.2) is 65.3 Å². The molecule has 1 aliphatic carbocycles. The van der Waals surface area contributed by atoms with E-state index in [9.17, 15) is 0 Å². The highest BCUT2D eigenvalue weighted by molar-refractivity contribution is 6.04. The molecule has 2 aliphatic heterocycles. The number of hydrogen-bond donors (Lipinski definition) is 1. The topological polar surface area (TPSA) is 30.9 Å². The van der Waals surface area contributed by atoms with Gasteiger partial charge < -0.3 is 15.1 Å². The van der Waals surface area contributed by atoms with E-state index in [1.54, 1.807) is 0 Å². The highest BCUT2D eigenvalue weighted by atomic mass is 15.3. The summed E-state index contributed by atoms with van der Waals surface area (Å²) in [5.74, 6) is 1.10. The molecule has 1 atom stereocenters. The molecule has 118 valence electrons. The second-order valence-corrected chi connectivity index (χ2v) is 6.27. The van der Waals surface area contributed by atoms with Gasteiger partial charge in [-0.25, -0.2) is 0 Å². The molecule has 2 heterocycles. The van der Waals surface area contributed by atoms with E-state index in [2.05, 4.69) is 76.8 Å². The average molecular weight is 306 g/mol. The lowest BCUT2D eigenvalue weighted by molar-refractivity contribution is 0.215. The highest BCUT2D eigenvalue weighted by Crippen LogP contribution is 2.25. The van der Waals surface area contributed by atoms with Crippen LogP contribution in [0.5, 0.6) is 0 Å². The Morgan fingerprint density at radius 2 is 1.91 bits per heavy atom. The van der Waals surface area contributed by atoms with E-state index in [1.165, 1.54) is 5.56 Å². The summed E-state index contributed by atoms with van der Waals surface area (Å²) in [5.41, 5.74) is 3.42. The van der Waals surface area contributed by atoms with Crippen molar-refractivity contribution in [3.8, 4) is 0 Å². The molecule has 3 aliphatic rings. The van der Waals surface area contributed by atoms with Crippen molar-refractivity contribution in [1.29, 1.82) is 0 Å². The van der Waals surface area contributed by atoms with Crippen LogP contribution < -0.4 is 5.32 Å². The lowest BCUT2D eigenvalue weighted by Gasteiger charge is -2.36. The summed E-state index contributed by atoms with van der Waals surface area (Å²) in [7, 11) is 2.18. The van der Waals surface area contributed by atoms with Crippen molar-refractivity contribution in [3.63, 3.8) is 0 Å².